The predicted octanol–water partition coefficient (Wildman–Crippen LogP) is 1.81. The molecule has 3 rings (SSSR count). The maximum atomic E-state index is 11.3. The molecule has 0 atom stereocenters. The molecule has 0 amide bonds. The Hall–Kier alpha value is -2.21. The number of ether oxygens (including phenoxy) is 2. The van der Waals surface area contributed by atoms with Crippen molar-refractivity contribution in [2.24, 2.45) is 0 Å². The van der Waals surface area contributed by atoms with Gasteiger partial charge in [0, 0.05) is 6.54 Å². The highest BCUT2D eigenvalue weighted by atomic mass is 35.5. The average molecular weight is 294 g/mol. The summed E-state index contributed by atoms with van der Waals surface area (Å²) in [6.07, 6.45) is 2.25. The third-order valence-corrected chi connectivity index (χ3v) is 3.34. The molecule has 1 aliphatic rings. The van der Waals surface area contributed by atoms with Gasteiger partial charge < -0.3 is 14.8 Å². The minimum absolute atomic E-state index is 0.116. The normalized spacial score (nSPS) is 12.4. The lowest BCUT2D eigenvalue weighted by atomic mass is 10.1. The van der Waals surface area contributed by atoms with Gasteiger partial charge in [0.05, 0.1) is 11.9 Å². The number of hydrogen-bond acceptors (Lipinski definition) is 5. The molecular weight excluding hydrogens is 282 g/mol. The van der Waals surface area contributed by atoms with E-state index in [1.807, 2.05) is 18.2 Å². The minimum Gasteiger partial charge on any atom is -0.454 e. The zero-order chi connectivity index (χ0) is 13.9. The first-order chi connectivity index (χ1) is 9.74. The molecule has 0 bridgehead atoms. The van der Waals surface area contributed by atoms with E-state index in [2.05, 4.69) is 15.5 Å². The Morgan fingerprint density at radius 2 is 2.20 bits per heavy atom. The average Bonchev–Trinajstić information content (AvgIpc) is 2.91. The molecule has 20 heavy (non-hydrogen) atoms. The number of nitrogens with zero attached hydrogens (tertiary/aromatic N) is 1. The number of fused-ring (bicyclic) bond motifs is 1. The first kappa shape index (κ1) is 12.8. The molecule has 0 aliphatic carbocycles. The van der Waals surface area contributed by atoms with Crippen LogP contribution >= 0.6 is 11.6 Å². The van der Waals surface area contributed by atoms with Crippen LogP contribution in [0.1, 0.15) is 5.56 Å². The Balaban J connectivity index is 1.63. The second-order valence-corrected chi connectivity index (χ2v) is 4.67. The van der Waals surface area contributed by atoms with Crippen LogP contribution in [0.3, 0.4) is 0 Å². The fourth-order valence-corrected chi connectivity index (χ4v) is 2.10. The Kier molecular flexibility index (Phi) is 3.47. The highest BCUT2D eigenvalue weighted by Gasteiger charge is 2.13. The molecule has 1 aromatic heterocycles. The number of anilines is 1. The van der Waals surface area contributed by atoms with Gasteiger partial charge in [-0.3, -0.25) is 4.79 Å². The molecule has 2 N–H and O–H groups in total. The largest absolute Gasteiger partial charge is 0.454 e. The van der Waals surface area contributed by atoms with Gasteiger partial charge >= 0.3 is 0 Å². The van der Waals surface area contributed by atoms with E-state index in [9.17, 15) is 4.79 Å². The molecule has 0 saturated heterocycles. The molecule has 0 unspecified atom stereocenters. The topological polar surface area (TPSA) is 76.2 Å². The van der Waals surface area contributed by atoms with Crippen LogP contribution < -0.4 is 20.3 Å². The van der Waals surface area contributed by atoms with E-state index in [0.717, 1.165) is 23.5 Å². The number of rotatable bonds is 4. The molecule has 2 heterocycles. The van der Waals surface area contributed by atoms with Crippen molar-refractivity contribution in [2.45, 2.75) is 6.42 Å². The lowest BCUT2D eigenvalue weighted by molar-refractivity contribution is 0.174. The summed E-state index contributed by atoms with van der Waals surface area (Å²) in [6, 6.07) is 5.81. The standard InChI is InChI=1S/C13H12ClN3O3/c14-12-9(6-16-17-13(12)18)15-4-3-8-1-2-10-11(5-8)20-7-19-10/h1-2,5-6H,3-4,7H2,(H2,15,17,18). The maximum Gasteiger partial charge on any atom is 0.285 e. The van der Waals surface area contributed by atoms with Crippen molar-refractivity contribution in [3.05, 3.63) is 45.3 Å². The van der Waals surface area contributed by atoms with Gasteiger partial charge in [0.15, 0.2) is 11.5 Å². The highest BCUT2D eigenvalue weighted by Crippen LogP contribution is 2.32. The second kappa shape index (κ2) is 5.42. The third kappa shape index (κ3) is 2.55. The van der Waals surface area contributed by atoms with Crippen LogP contribution in [0, 0.1) is 0 Å². The number of nitrogens with one attached hydrogen (secondary N) is 2. The molecule has 0 fully saturated rings. The van der Waals surface area contributed by atoms with Gasteiger partial charge in [-0.25, -0.2) is 5.10 Å². The zero-order valence-electron chi connectivity index (χ0n) is 10.5. The number of aromatic nitrogens is 2. The number of halogens is 1. The van der Waals surface area contributed by atoms with Gasteiger partial charge in [-0.05, 0) is 24.1 Å². The fraction of sp³-hybridized carbons (Fsp3) is 0.231. The van der Waals surface area contributed by atoms with E-state index in [1.165, 1.54) is 6.20 Å². The van der Waals surface area contributed by atoms with E-state index in [0.29, 0.717) is 12.2 Å². The number of benzene rings is 1. The molecule has 0 spiro atoms. The van der Waals surface area contributed by atoms with Crippen LogP contribution in [0.4, 0.5) is 5.69 Å². The zero-order valence-corrected chi connectivity index (χ0v) is 11.2. The Bertz CT molecular complexity index is 687. The van der Waals surface area contributed by atoms with E-state index < -0.39 is 5.56 Å². The molecular formula is C13H12ClN3O3. The van der Waals surface area contributed by atoms with E-state index in [4.69, 9.17) is 21.1 Å². The molecule has 7 heteroatoms. The SMILES string of the molecule is O=c1[nH]ncc(NCCc2ccc3c(c2)OCO3)c1Cl. The summed E-state index contributed by atoms with van der Waals surface area (Å²) >= 11 is 5.87. The van der Waals surface area contributed by atoms with Crippen molar-refractivity contribution < 1.29 is 9.47 Å². The van der Waals surface area contributed by atoms with Crippen molar-refractivity contribution in [1.82, 2.24) is 10.2 Å². The molecule has 6 nitrogen and oxygen atoms in total. The maximum absolute atomic E-state index is 11.3. The van der Waals surface area contributed by atoms with Crippen LogP contribution in [0.25, 0.3) is 0 Å². The molecule has 2 aromatic rings. The summed E-state index contributed by atoms with van der Waals surface area (Å²) in [5.41, 5.74) is 1.23. The van der Waals surface area contributed by atoms with Gasteiger partial charge in [-0.15, -0.1) is 0 Å². The molecule has 0 saturated carbocycles. The van der Waals surface area contributed by atoms with Gasteiger partial charge in [-0.1, -0.05) is 17.7 Å². The molecule has 104 valence electrons. The van der Waals surface area contributed by atoms with Crippen molar-refractivity contribution in [3.63, 3.8) is 0 Å². The van der Waals surface area contributed by atoms with Crippen molar-refractivity contribution in [1.29, 1.82) is 0 Å². The van der Waals surface area contributed by atoms with Crippen LogP contribution in [-0.2, 0) is 6.42 Å². The number of hydrogen-bond donors (Lipinski definition) is 2. The summed E-state index contributed by atoms with van der Waals surface area (Å²) in [5.74, 6) is 1.53. The molecule has 1 aliphatic heterocycles. The quantitative estimate of drug-likeness (QED) is 0.899. The smallest absolute Gasteiger partial charge is 0.285 e. The summed E-state index contributed by atoms with van der Waals surface area (Å²) in [6.45, 7) is 0.898. The minimum atomic E-state index is -0.403. The second-order valence-electron chi connectivity index (χ2n) is 4.29. The third-order valence-electron chi connectivity index (χ3n) is 2.96. The lowest BCUT2D eigenvalue weighted by Gasteiger charge is -2.07. The van der Waals surface area contributed by atoms with Crippen LogP contribution in [0.15, 0.2) is 29.2 Å². The summed E-state index contributed by atoms with van der Waals surface area (Å²) < 4.78 is 10.6. The Labute approximate surface area is 119 Å². The lowest BCUT2D eigenvalue weighted by Crippen LogP contribution is -2.13. The molecule has 0 radical (unpaired) electrons. The highest BCUT2D eigenvalue weighted by molar-refractivity contribution is 6.32. The van der Waals surface area contributed by atoms with Gasteiger partial charge in [0.1, 0.15) is 5.02 Å². The Morgan fingerprint density at radius 3 is 3.10 bits per heavy atom. The van der Waals surface area contributed by atoms with Gasteiger partial charge in [0.2, 0.25) is 6.79 Å². The monoisotopic (exact) mass is 293 g/mol. The van der Waals surface area contributed by atoms with Crippen molar-refractivity contribution in [2.75, 3.05) is 18.7 Å². The number of aromatic amines is 1. The van der Waals surface area contributed by atoms with Gasteiger partial charge in [0.25, 0.3) is 5.56 Å². The van der Waals surface area contributed by atoms with E-state index >= 15 is 0 Å². The van der Waals surface area contributed by atoms with Crippen molar-refractivity contribution >= 4 is 17.3 Å². The number of H-pyrrole nitrogens is 1. The first-order valence-electron chi connectivity index (χ1n) is 6.09. The van der Waals surface area contributed by atoms with Crippen LogP contribution in [0.5, 0.6) is 11.5 Å². The van der Waals surface area contributed by atoms with Crippen LogP contribution in [-0.4, -0.2) is 23.5 Å². The van der Waals surface area contributed by atoms with E-state index in [1.54, 1.807) is 0 Å². The first-order valence-corrected chi connectivity index (χ1v) is 6.47. The fourth-order valence-electron chi connectivity index (χ4n) is 1.94. The molecule has 1 aromatic carbocycles. The summed E-state index contributed by atoms with van der Waals surface area (Å²) in [5, 5.41) is 9.17. The summed E-state index contributed by atoms with van der Waals surface area (Å²) in [4.78, 5) is 11.3. The Morgan fingerprint density at radius 1 is 1.35 bits per heavy atom. The summed E-state index contributed by atoms with van der Waals surface area (Å²) in [7, 11) is 0. The van der Waals surface area contributed by atoms with E-state index in [-0.39, 0.29) is 11.8 Å². The van der Waals surface area contributed by atoms with Crippen LogP contribution in [0.2, 0.25) is 5.02 Å². The van der Waals surface area contributed by atoms with Gasteiger partial charge in [-0.2, -0.15) is 5.10 Å². The van der Waals surface area contributed by atoms with Crippen molar-refractivity contribution in [3.8, 4) is 11.5 Å². The predicted molar refractivity (Wildman–Crippen MR) is 74.6 cm³/mol.